The second-order valence-electron chi connectivity index (χ2n) is 9.55. The van der Waals surface area contributed by atoms with Crippen molar-refractivity contribution >= 4 is 11.8 Å². The number of hydrogen-bond donors (Lipinski definition) is 1. The number of carbonyl (C=O) groups is 2. The van der Waals surface area contributed by atoms with Crippen LogP contribution in [0.3, 0.4) is 0 Å². The lowest BCUT2D eigenvalue weighted by atomic mass is 9.93. The summed E-state index contributed by atoms with van der Waals surface area (Å²) in [6.07, 6.45) is 7.41. The maximum Gasteiger partial charge on any atom is 0.289 e. The molecule has 1 aromatic carbocycles. The first kappa shape index (κ1) is 22.4. The van der Waals surface area contributed by atoms with Crippen molar-refractivity contribution in [1.82, 2.24) is 20.0 Å². The van der Waals surface area contributed by atoms with Gasteiger partial charge in [-0.2, -0.15) is 5.10 Å². The van der Waals surface area contributed by atoms with Crippen LogP contribution in [0.4, 0.5) is 0 Å². The molecule has 1 aliphatic carbocycles. The highest BCUT2D eigenvalue weighted by Gasteiger charge is 2.32. The van der Waals surface area contributed by atoms with Crippen molar-refractivity contribution in [1.29, 1.82) is 0 Å². The molecule has 0 unspecified atom stereocenters. The molecule has 0 spiro atoms. The van der Waals surface area contributed by atoms with E-state index in [4.69, 9.17) is 9.52 Å². The normalized spacial score (nSPS) is 15.6. The van der Waals surface area contributed by atoms with Crippen molar-refractivity contribution < 1.29 is 14.0 Å². The predicted octanol–water partition coefficient (Wildman–Crippen LogP) is 3.92. The van der Waals surface area contributed by atoms with Crippen LogP contribution in [-0.2, 0) is 30.6 Å². The Kier molecular flexibility index (Phi) is 6.26. The summed E-state index contributed by atoms with van der Waals surface area (Å²) >= 11 is 0. The molecule has 1 saturated heterocycles. The fraction of sp³-hybridized carbons (Fsp3) is 0.444. The van der Waals surface area contributed by atoms with Crippen molar-refractivity contribution in [2.45, 2.75) is 65.0 Å². The van der Waals surface area contributed by atoms with Gasteiger partial charge >= 0.3 is 0 Å². The number of nitrogens with one attached hydrogen (secondary N) is 1. The Labute approximate surface area is 200 Å². The zero-order valence-corrected chi connectivity index (χ0v) is 20.0. The second-order valence-corrected chi connectivity index (χ2v) is 9.55. The molecular formula is C27H32N4O3. The summed E-state index contributed by atoms with van der Waals surface area (Å²) in [7, 11) is 0. The fourth-order valence-corrected chi connectivity index (χ4v) is 5.08. The molecule has 0 radical (unpaired) electrons. The third kappa shape index (κ3) is 4.52. The lowest BCUT2D eigenvalue weighted by Gasteiger charge is -2.14. The highest BCUT2D eigenvalue weighted by Crippen LogP contribution is 2.38. The molecule has 3 heterocycles. The van der Waals surface area contributed by atoms with E-state index < -0.39 is 0 Å². The van der Waals surface area contributed by atoms with E-state index in [1.54, 1.807) is 4.68 Å². The highest BCUT2D eigenvalue weighted by molar-refractivity contribution is 5.95. The third-order valence-electron chi connectivity index (χ3n) is 6.92. The van der Waals surface area contributed by atoms with Gasteiger partial charge in [0.2, 0.25) is 5.91 Å². The van der Waals surface area contributed by atoms with Gasteiger partial charge in [0.05, 0.1) is 5.69 Å². The molecule has 178 valence electrons. The van der Waals surface area contributed by atoms with Crippen LogP contribution >= 0.6 is 0 Å². The summed E-state index contributed by atoms with van der Waals surface area (Å²) in [4.78, 5) is 27.5. The van der Waals surface area contributed by atoms with Crippen LogP contribution in [0.25, 0.3) is 11.3 Å². The molecular weight excluding hydrogens is 428 g/mol. The molecule has 1 aliphatic heterocycles. The van der Waals surface area contributed by atoms with Gasteiger partial charge in [-0.1, -0.05) is 30.3 Å². The second kappa shape index (κ2) is 9.49. The zero-order chi connectivity index (χ0) is 23.7. The van der Waals surface area contributed by atoms with Crippen molar-refractivity contribution in [3.63, 3.8) is 0 Å². The highest BCUT2D eigenvalue weighted by atomic mass is 16.4. The maximum absolute atomic E-state index is 12.9. The van der Waals surface area contributed by atoms with Gasteiger partial charge in [-0.3, -0.25) is 14.3 Å². The minimum Gasteiger partial charge on any atom is -0.455 e. The van der Waals surface area contributed by atoms with Crippen LogP contribution in [0, 0.1) is 6.92 Å². The molecule has 2 amide bonds. The van der Waals surface area contributed by atoms with E-state index >= 15 is 0 Å². The van der Waals surface area contributed by atoms with E-state index in [1.807, 2.05) is 43.1 Å². The van der Waals surface area contributed by atoms with E-state index in [0.29, 0.717) is 5.76 Å². The van der Waals surface area contributed by atoms with Gasteiger partial charge in [0.25, 0.3) is 5.91 Å². The van der Waals surface area contributed by atoms with Crippen molar-refractivity contribution in [2.75, 3.05) is 13.1 Å². The van der Waals surface area contributed by atoms with E-state index in [2.05, 4.69) is 17.4 Å². The largest absolute Gasteiger partial charge is 0.455 e. The SMILES string of the molecule is Cc1c(C(=O)N2CCCC2)oc2c1-c1nn(CC(=O)N[C@@H](C)CCc3ccccc3)cc1CC2. The summed E-state index contributed by atoms with van der Waals surface area (Å²) in [6.45, 7) is 5.75. The monoisotopic (exact) mass is 460 g/mol. The van der Waals surface area contributed by atoms with Crippen LogP contribution in [0.1, 0.15) is 59.2 Å². The van der Waals surface area contributed by atoms with Crippen LogP contribution in [-0.4, -0.2) is 45.6 Å². The van der Waals surface area contributed by atoms with Crippen LogP contribution < -0.4 is 5.32 Å². The molecule has 7 heteroatoms. The number of aromatic nitrogens is 2. The van der Waals surface area contributed by atoms with E-state index in [9.17, 15) is 9.59 Å². The van der Waals surface area contributed by atoms with Crippen molar-refractivity contribution in [3.05, 3.63) is 64.7 Å². The molecule has 0 saturated carbocycles. The fourth-order valence-electron chi connectivity index (χ4n) is 5.08. The lowest BCUT2D eigenvalue weighted by Crippen LogP contribution is -2.35. The number of hydrogen-bond acceptors (Lipinski definition) is 4. The van der Waals surface area contributed by atoms with Gasteiger partial charge in [-0.05, 0) is 57.1 Å². The summed E-state index contributed by atoms with van der Waals surface area (Å²) < 4.78 is 7.77. The molecule has 5 rings (SSSR count). The Morgan fingerprint density at radius 2 is 1.91 bits per heavy atom. The van der Waals surface area contributed by atoms with Gasteiger partial charge in [0.1, 0.15) is 12.3 Å². The Hall–Kier alpha value is -3.35. The molecule has 34 heavy (non-hydrogen) atoms. The number of amides is 2. The standard InChI is InChI=1S/C27H32N4O3/c1-18(10-11-20-8-4-3-5-9-20)28-23(32)17-31-16-21-12-13-22-24(25(21)29-31)19(2)26(34-22)27(33)30-14-6-7-15-30/h3-5,8-9,16,18H,6-7,10-15,17H2,1-2H3,(H,28,32)/t18-/m0/s1. The number of nitrogens with zero attached hydrogens (tertiary/aromatic N) is 3. The Morgan fingerprint density at radius 1 is 1.15 bits per heavy atom. The average Bonchev–Trinajstić information content (AvgIpc) is 3.56. The van der Waals surface area contributed by atoms with Gasteiger partial charge in [0, 0.05) is 42.9 Å². The molecule has 1 N–H and O–H groups in total. The Morgan fingerprint density at radius 3 is 2.68 bits per heavy atom. The molecule has 2 aliphatic rings. The van der Waals surface area contributed by atoms with Gasteiger partial charge in [-0.25, -0.2) is 0 Å². The van der Waals surface area contributed by atoms with Crippen molar-refractivity contribution in [2.24, 2.45) is 0 Å². The van der Waals surface area contributed by atoms with E-state index in [0.717, 1.165) is 79.8 Å². The first-order valence-electron chi connectivity index (χ1n) is 12.3. The molecule has 3 aromatic rings. The Balaban J connectivity index is 1.25. The number of fused-ring (bicyclic) bond motifs is 3. The number of furan rings is 1. The third-order valence-corrected chi connectivity index (χ3v) is 6.92. The summed E-state index contributed by atoms with van der Waals surface area (Å²) in [5.41, 5.74) is 5.00. The smallest absolute Gasteiger partial charge is 0.289 e. The van der Waals surface area contributed by atoms with Crippen LogP contribution in [0.5, 0.6) is 0 Å². The summed E-state index contributed by atoms with van der Waals surface area (Å²) in [5.74, 6) is 1.21. The van der Waals surface area contributed by atoms with E-state index in [1.165, 1.54) is 5.56 Å². The minimum atomic E-state index is -0.0468. The minimum absolute atomic E-state index is 0.0192. The summed E-state index contributed by atoms with van der Waals surface area (Å²) in [6, 6.07) is 10.4. The van der Waals surface area contributed by atoms with E-state index in [-0.39, 0.29) is 24.4 Å². The number of rotatable bonds is 7. The van der Waals surface area contributed by atoms with Crippen molar-refractivity contribution in [3.8, 4) is 11.3 Å². The first-order valence-corrected chi connectivity index (χ1v) is 12.3. The topological polar surface area (TPSA) is 80.4 Å². The van der Waals surface area contributed by atoms with Gasteiger partial charge < -0.3 is 14.6 Å². The molecule has 7 nitrogen and oxygen atoms in total. The summed E-state index contributed by atoms with van der Waals surface area (Å²) in [5, 5.41) is 7.83. The molecule has 1 fully saturated rings. The van der Waals surface area contributed by atoms with Gasteiger partial charge in [-0.15, -0.1) is 0 Å². The number of carbonyl (C=O) groups excluding carboxylic acids is 2. The number of benzene rings is 1. The first-order chi connectivity index (χ1) is 16.5. The number of likely N-dealkylation sites (tertiary alicyclic amines) is 1. The maximum atomic E-state index is 12.9. The molecule has 0 bridgehead atoms. The van der Waals surface area contributed by atoms with Crippen LogP contribution in [0.15, 0.2) is 40.9 Å². The lowest BCUT2D eigenvalue weighted by molar-refractivity contribution is -0.122. The molecule has 2 aromatic heterocycles. The Bertz CT molecular complexity index is 1190. The quantitative estimate of drug-likeness (QED) is 0.580. The molecule has 1 atom stereocenters. The van der Waals surface area contributed by atoms with Crippen LogP contribution in [0.2, 0.25) is 0 Å². The average molecular weight is 461 g/mol. The number of aryl methyl sites for hydroxylation is 3. The van der Waals surface area contributed by atoms with Gasteiger partial charge in [0.15, 0.2) is 5.76 Å². The zero-order valence-electron chi connectivity index (χ0n) is 20.0. The predicted molar refractivity (Wildman–Crippen MR) is 130 cm³/mol.